The molecule has 0 spiro atoms. The Bertz CT molecular complexity index is 516. The van der Waals surface area contributed by atoms with Crippen LogP contribution >= 0.6 is 0 Å². The number of alkyl halides is 6. The molecule has 2 nitrogen and oxygen atoms in total. The molecule has 0 bridgehead atoms. The third-order valence-corrected chi connectivity index (χ3v) is 2.37. The van der Waals surface area contributed by atoms with Crippen LogP contribution in [-0.4, -0.2) is 12.6 Å². The molecule has 0 fully saturated rings. The average molecular weight is 300 g/mol. The molecule has 0 atom stereocenters. The van der Waals surface area contributed by atoms with Crippen molar-refractivity contribution in [2.45, 2.75) is 26.2 Å². The SMILES string of the molecule is CCOC(=O)c1cc(C)cc(C(F)(F)F)c1C(F)(F)F. The van der Waals surface area contributed by atoms with Gasteiger partial charge in [0.1, 0.15) is 0 Å². The van der Waals surface area contributed by atoms with E-state index in [-0.39, 0.29) is 12.2 Å². The Kier molecular flexibility index (Phi) is 4.36. The van der Waals surface area contributed by atoms with Gasteiger partial charge in [-0.25, -0.2) is 4.79 Å². The summed E-state index contributed by atoms with van der Waals surface area (Å²) >= 11 is 0. The minimum absolute atomic E-state index is 0.117. The molecule has 0 unspecified atom stereocenters. The van der Waals surface area contributed by atoms with Gasteiger partial charge >= 0.3 is 18.3 Å². The molecule has 20 heavy (non-hydrogen) atoms. The normalized spacial score (nSPS) is 12.4. The molecule has 0 amide bonds. The summed E-state index contributed by atoms with van der Waals surface area (Å²) in [6.45, 7) is 2.26. The fraction of sp³-hybridized carbons (Fsp3) is 0.417. The van der Waals surface area contributed by atoms with E-state index in [1.807, 2.05) is 0 Å². The predicted octanol–water partition coefficient (Wildman–Crippen LogP) is 4.21. The number of rotatable bonds is 2. The van der Waals surface area contributed by atoms with Crippen molar-refractivity contribution < 1.29 is 35.9 Å². The van der Waals surface area contributed by atoms with Crippen molar-refractivity contribution in [3.63, 3.8) is 0 Å². The summed E-state index contributed by atoms with van der Waals surface area (Å²) in [6, 6.07) is 1.08. The summed E-state index contributed by atoms with van der Waals surface area (Å²) in [7, 11) is 0. The monoisotopic (exact) mass is 300 g/mol. The molecule has 0 N–H and O–H groups in total. The zero-order valence-corrected chi connectivity index (χ0v) is 10.4. The maximum absolute atomic E-state index is 12.9. The molecule has 1 rings (SSSR count). The Hall–Kier alpha value is -1.73. The van der Waals surface area contributed by atoms with E-state index in [2.05, 4.69) is 4.74 Å². The van der Waals surface area contributed by atoms with E-state index in [0.717, 1.165) is 13.0 Å². The number of aryl methyl sites for hydroxylation is 1. The van der Waals surface area contributed by atoms with E-state index < -0.39 is 35.0 Å². The van der Waals surface area contributed by atoms with Gasteiger partial charge in [0.05, 0.1) is 23.3 Å². The molecule has 0 aliphatic heterocycles. The first-order valence-electron chi connectivity index (χ1n) is 5.44. The molecule has 0 radical (unpaired) electrons. The molecule has 8 heteroatoms. The second kappa shape index (κ2) is 5.34. The third kappa shape index (κ3) is 3.43. The molecular formula is C12H10F6O2. The lowest BCUT2D eigenvalue weighted by Crippen LogP contribution is -2.22. The Morgan fingerprint density at radius 3 is 2.05 bits per heavy atom. The molecule has 0 saturated carbocycles. The highest BCUT2D eigenvalue weighted by atomic mass is 19.4. The molecule has 0 aliphatic carbocycles. The maximum Gasteiger partial charge on any atom is 0.417 e. The van der Waals surface area contributed by atoms with Crippen molar-refractivity contribution in [1.29, 1.82) is 0 Å². The molecule has 1 aromatic carbocycles. The number of hydrogen-bond donors (Lipinski definition) is 0. The fourth-order valence-electron chi connectivity index (χ4n) is 1.69. The Morgan fingerprint density at radius 2 is 1.65 bits per heavy atom. The molecular weight excluding hydrogens is 290 g/mol. The van der Waals surface area contributed by atoms with Crippen LogP contribution in [0.3, 0.4) is 0 Å². The van der Waals surface area contributed by atoms with Crippen LogP contribution in [0, 0.1) is 6.92 Å². The number of ether oxygens (including phenoxy) is 1. The molecule has 0 saturated heterocycles. The molecule has 1 aromatic rings. The van der Waals surface area contributed by atoms with Crippen molar-refractivity contribution in [1.82, 2.24) is 0 Å². The van der Waals surface area contributed by atoms with Crippen LogP contribution in [0.25, 0.3) is 0 Å². The van der Waals surface area contributed by atoms with Crippen molar-refractivity contribution in [3.8, 4) is 0 Å². The fourth-order valence-corrected chi connectivity index (χ4v) is 1.69. The van der Waals surface area contributed by atoms with Crippen LogP contribution in [0.5, 0.6) is 0 Å². The van der Waals surface area contributed by atoms with Crippen molar-refractivity contribution in [3.05, 3.63) is 34.4 Å². The van der Waals surface area contributed by atoms with E-state index in [1.54, 1.807) is 0 Å². The highest BCUT2D eigenvalue weighted by Gasteiger charge is 2.46. The summed E-state index contributed by atoms with van der Waals surface area (Å²) in [5.41, 5.74) is -5.16. The topological polar surface area (TPSA) is 26.3 Å². The number of carbonyl (C=O) groups is 1. The van der Waals surface area contributed by atoms with Gasteiger partial charge in [-0.05, 0) is 31.5 Å². The van der Waals surface area contributed by atoms with Gasteiger partial charge in [0, 0.05) is 0 Å². The van der Waals surface area contributed by atoms with E-state index in [1.165, 1.54) is 6.92 Å². The van der Waals surface area contributed by atoms with Crippen LogP contribution in [-0.2, 0) is 17.1 Å². The first-order valence-corrected chi connectivity index (χ1v) is 5.44. The molecule has 0 aromatic heterocycles. The lowest BCUT2D eigenvalue weighted by molar-refractivity contribution is -0.162. The van der Waals surface area contributed by atoms with Crippen molar-refractivity contribution in [2.24, 2.45) is 0 Å². The van der Waals surface area contributed by atoms with Gasteiger partial charge in [0.2, 0.25) is 0 Å². The van der Waals surface area contributed by atoms with E-state index in [0.29, 0.717) is 6.07 Å². The average Bonchev–Trinajstić information content (AvgIpc) is 2.25. The zero-order valence-electron chi connectivity index (χ0n) is 10.4. The minimum atomic E-state index is -5.32. The number of halogens is 6. The summed E-state index contributed by atoms with van der Waals surface area (Å²) < 4.78 is 81.2. The highest BCUT2D eigenvalue weighted by molar-refractivity contribution is 5.92. The van der Waals surface area contributed by atoms with Crippen molar-refractivity contribution >= 4 is 5.97 Å². The Labute approximate surface area is 110 Å². The van der Waals surface area contributed by atoms with Gasteiger partial charge in [-0.15, -0.1) is 0 Å². The lowest BCUT2D eigenvalue weighted by Gasteiger charge is -2.19. The van der Waals surface area contributed by atoms with Crippen LogP contribution in [0.15, 0.2) is 12.1 Å². The van der Waals surface area contributed by atoms with Gasteiger partial charge in [0.25, 0.3) is 0 Å². The smallest absolute Gasteiger partial charge is 0.417 e. The minimum Gasteiger partial charge on any atom is -0.462 e. The summed E-state index contributed by atoms with van der Waals surface area (Å²) in [5, 5.41) is 0. The zero-order chi connectivity index (χ0) is 15.7. The quantitative estimate of drug-likeness (QED) is 0.604. The number of benzene rings is 1. The van der Waals surface area contributed by atoms with Gasteiger partial charge in [-0.1, -0.05) is 0 Å². The highest BCUT2D eigenvalue weighted by Crippen LogP contribution is 2.42. The second-order valence-electron chi connectivity index (χ2n) is 3.95. The summed E-state index contributed by atoms with van der Waals surface area (Å²) in [6.07, 6.45) is -10.5. The van der Waals surface area contributed by atoms with Gasteiger partial charge in [-0.2, -0.15) is 26.3 Å². The molecule has 0 heterocycles. The largest absolute Gasteiger partial charge is 0.462 e. The maximum atomic E-state index is 12.9. The van der Waals surface area contributed by atoms with Gasteiger partial charge in [0.15, 0.2) is 0 Å². The van der Waals surface area contributed by atoms with Gasteiger partial charge < -0.3 is 4.74 Å². The van der Waals surface area contributed by atoms with Crippen LogP contribution in [0.1, 0.15) is 34.0 Å². The number of hydrogen-bond acceptors (Lipinski definition) is 2. The Morgan fingerprint density at radius 1 is 1.10 bits per heavy atom. The van der Waals surface area contributed by atoms with E-state index >= 15 is 0 Å². The Balaban J connectivity index is 3.66. The van der Waals surface area contributed by atoms with Crippen LogP contribution in [0.4, 0.5) is 26.3 Å². The number of carbonyl (C=O) groups excluding carboxylic acids is 1. The van der Waals surface area contributed by atoms with Crippen molar-refractivity contribution in [2.75, 3.05) is 6.61 Å². The molecule has 112 valence electrons. The number of esters is 1. The van der Waals surface area contributed by atoms with E-state index in [4.69, 9.17) is 0 Å². The first-order chi connectivity index (χ1) is 8.98. The summed E-state index contributed by atoms with van der Waals surface area (Å²) in [5.74, 6) is -1.44. The van der Waals surface area contributed by atoms with Crippen LogP contribution < -0.4 is 0 Å². The van der Waals surface area contributed by atoms with E-state index in [9.17, 15) is 31.1 Å². The lowest BCUT2D eigenvalue weighted by atomic mass is 9.97. The molecule has 0 aliphatic rings. The standard InChI is InChI=1S/C12H10F6O2/c1-3-20-10(19)7-4-6(2)5-8(11(13,14)15)9(7)12(16,17)18/h4-5H,3H2,1-2H3. The van der Waals surface area contributed by atoms with Crippen LogP contribution in [0.2, 0.25) is 0 Å². The van der Waals surface area contributed by atoms with Gasteiger partial charge in [-0.3, -0.25) is 0 Å². The predicted molar refractivity (Wildman–Crippen MR) is 57.1 cm³/mol. The summed E-state index contributed by atoms with van der Waals surface area (Å²) in [4.78, 5) is 11.5. The first kappa shape index (κ1) is 16.3. The third-order valence-electron chi connectivity index (χ3n) is 2.37. The second-order valence-corrected chi connectivity index (χ2v) is 3.95.